The fourth-order valence-corrected chi connectivity index (χ4v) is 4.83. The molecule has 0 aromatic heterocycles. The van der Waals surface area contributed by atoms with E-state index in [1.807, 2.05) is 38.1 Å². The van der Waals surface area contributed by atoms with Gasteiger partial charge in [-0.25, -0.2) is 8.42 Å². The van der Waals surface area contributed by atoms with Gasteiger partial charge in [0.15, 0.2) is 0 Å². The summed E-state index contributed by atoms with van der Waals surface area (Å²) < 4.78 is 28.0. The van der Waals surface area contributed by atoms with E-state index in [4.69, 9.17) is 0 Å². The van der Waals surface area contributed by atoms with Crippen LogP contribution in [0, 0.1) is 6.92 Å². The van der Waals surface area contributed by atoms with Crippen molar-refractivity contribution in [2.75, 3.05) is 9.62 Å². The second-order valence-corrected chi connectivity index (χ2v) is 8.99. The Morgan fingerprint density at radius 1 is 1.00 bits per heavy atom. The maximum Gasteiger partial charge on any atom is 0.261 e. The summed E-state index contributed by atoms with van der Waals surface area (Å²) in [4.78, 5) is 15.2. The Hall–Kier alpha value is -3.12. The number of nitrogens with zero attached hydrogens (tertiary/aromatic N) is 1. The number of benzene rings is 3. The summed E-state index contributed by atoms with van der Waals surface area (Å²) in [6.45, 7) is 3.83. The molecule has 148 valence electrons. The first-order valence-corrected chi connectivity index (χ1v) is 10.9. The third-order valence-corrected chi connectivity index (χ3v) is 6.59. The topological polar surface area (TPSA) is 66.5 Å². The van der Waals surface area contributed by atoms with Crippen LogP contribution in [-0.2, 0) is 16.4 Å². The van der Waals surface area contributed by atoms with E-state index in [2.05, 4.69) is 4.72 Å². The van der Waals surface area contributed by atoms with Crippen LogP contribution >= 0.6 is 0 Å². The van der Waals surface area contributed by atoms with E-state index in [-0.39, 0.29) is 16.8 Å². The second-order valence-electron chi connectivity index (χ2n) is 7.31. The highest BCUT2D eigenvalue weighted by molar-refractivity contribution is 7.92. The number of rotatable bonds is 4. The van der Waals surface area contributed by atoms with Gasteiger partial charge in [-0.15, -0.1) is 0 Å². The molecule has 1 heterocycles. The lowest BCUT2D eigenvalue weighted by atomic mass is 10.1. The van der Waals surface area contributed by atoms with Crippen LogP contribution in [0.2, 0.25) is 0 Å². The summed E-state index contributed by atoms with van der Waals surface area (Å²) in [5.74, 6) is -0.136. The normalized spacial score (nSPS) is 15.8. The summed E-state index contributed by atoms with van der Waals surface area (Å²) in [6.07, 6.45) is 0.807. The van der Waals surface area contributed by atoms with Crippen LogP contribution in [0.25, 0.3) is 0 Å². The standard InChI is InChI=1S/C23H22N2O3S/c1-16-12-13-19(15-21(16)24-29(27,28)20-9-4-3-5-10-20)23(26)25-17(2)14-18-8-6-7-11-22(18)25/h3-13,15,17,24H,14H2,1-2H3. The van der Waals surface area contributed by atoms with Crippen molar-refractivity contribution in [1.82, 2.24) is 0 Å². The zero-order valence-electron chi connectivity index (χ0n) is 16.3. The molecule has 0 aliphatic carbocycles. The molecule has 1 unspecified atom stereocenters. The fourth-order valence-electron chi connectivity index (χ4n) is 3.68. The van der Waals surface area contributed by atoms with Gasteiger partial charge in [0.2, 0.25) is 0 Å². The lowest BCUT2D eigenvalue weighted by molar-refractivity contribution is 0.0981. The maximum atomic E-state index is 13.3. The molecule has 1 atom stereocenters. The quantitative estimate of drug-likeness (QED) is 0.699. The number of carbonyl (C=O) groups is 1. The molecule has 0 fully saturated rings. The fraction of sp³-hybridized carbons (Fsp3) is 0.174. The number of anilines is 2. The summed E-state index contributed by atoms with van der Waals surface area (Å²) in [6, 6.07) is 21.2. The number of amides is 1. The van der Waals surface area contributed by atoms with Gasteiger partial charge in [0.1, 0.15) is 0 Å². The molecule has 5 nitrogen and oxygen atoms in total. The number of carbonyl (C=O) groups excluding carboxylic acids is 1. The monoisotopic (exact) mass is 406 g/mol. The first-order valence-electron chi connectivity index (χ1n) is 9.47. The van der Waals surface area contributed by atoms with Gasteiger partial charge in [-0.05, 0) is 61.7 Å². The van der Waals surface area contributed by atoms with Gasteiger partial charge < -0.3 is 4.90 Å². The van der Waals surface area contributed by atoms with Crippen LogP contribution < -0.4 is 9.62 Å². The Morgan fingerprint density at radius 3 is 2.45 bits per heavy atom. The zero-order chi connectivity index (χ0) is 20.6. The average Bonchev–Trinajstić information content (AvgIpc) is 3.05. The molecule has 3 aromatic rings. The minimum absolute atomic E-state index is 0.0469. The molecule has 0 radical (unpaired) electrons. The predicted octanol–water partition coefficient (Wildman–Crippen LogP) is 4.39. The molecule has 1 amide bonds. The number of fused-ring (bicyclic) bond motifs is 1. The van der Waals surface area contributed by atoms with E-state index in [0.29, 0.717) is 11.3 Å². The SMILES string of the molecule is Cc1ccc(C(=O)N2c3ccccc3CC2C)cc1NS(=O)(=O)c1ccccc1. The Labute approximate surface area is 171 Å². The molecule has 1 N–H and O–H groups in total. The highest BCUT2D eigenvalue weighted by atomic mass is 32.2. The molecule has 3 aromatic carbocycles. The Bertz CT molecular complexity index is 1170. The lowest BCUT2D eigenvalue weighted by Crippen LogP contribution is -2.35. The zero-order valence-corrected chi connectivity index (χ0v) is 17.1. The molecule has 0 saturated carbocycles. The molecule has 29 heavy (non-hydrogen) atoms. The summed E-state index contributed by atoms with van der Waals surface area (Å²) in [5, 5.41) is 0. The molecule has 6 heteroatoms. The molecular formula is C23H22N2O3S. The molecule has 1 aliphatic rings. The van der Waals surface area contributed by atoms with Crippen molar-refractivity contribution in [3.05, 3.63) is 89.5 Å². The Kier molecular flexibility index (Phi) is 4.88. The molecule has 1 aliphatic heterocycles. The van der Waals surface area contributed by atoms with Gasteiger partial charge in [-0.3, -0.25) is 9.52 Å². The average molecular weight is 407 g/mol. The van der Waals surface area contributed by atoms with Gasteiger partial charge in [0.05, 0.1) is 10.6 Å². The van der Waals surface area contributed by atoms with Crippen molar-refractivity contribution in [2.45, 2.75) is 31.2 Å². The third kappa shape index (κ3) is 3.63. The van der Waals surface area contributed by atoms with E-state index in [1.165, 1.54) is 12.1 Å². The van der Waals surface area contributed by atoms with Crippen molar-refractivity contribution in [3.63, 3.8) is 0 Å². The van der Waals surface area contributed by atoms with Gasteiger partial charge in [-0.2, -0.15) is 0 Å². The van der Waals surface area contributed by atoms with Crippen LogP contribution in [0.5, 0.6) is 0 Å². The minimum Gasteiger partial charge on any atom is -0.305 e. The number of nitrogens with one attached hydrogen (secondary N) is 1. The number of hydrogen-bond acceptors (Lipinski definition) is 3. The van der Waals surface area contributed by atoms with Crippen molar-refractivity contribution in [2.24, 2.45) is 0 Å². The minimum atomic E-state index is -3.73. The van der Waals surface area contributed by atoms with Crippen LogP contribution in [0.3, 0.4) is 0 Å². The first kappa shape index (κ1) is 19.2. The molecule has 0 spiro atoms. The van der Waals surface area contributed by atoms with E-state index in [1.54, 1.807) is 41.3 Å². The van der Waals surface area contributed by atoms with Crippen LogP contribution in [-0.4, -0.2) is 20.4 Å². The molecule has 0 bridgehead atoms. The van der Waals surface area contributed by atoms with Gasteiger partial charge in [0, 0.05) is 17.3 Å². The Morgan fingerprint density at radius 2 is 1.69 bits per heavy atom. The first-order chi connectivity index (χ1) is 13.9. The van der Waals surface area contributed by atoms with Crippen molar-refractivity contribution in [1.29, 1.82) is 0 Å². The largest absolute Gasteiger partial charge is 0.305 e. The Balaban J connectivity index is 1.66. The maximum absolute atomic E-state index is 13.3. The highest BCUT2D eigenvalue weighted by Gasteiger charge is 2.31. The number of hydrogen-bond donors (Lipinski definition) is 1. The van der Waals surface area contributed by atoms with Gasteiger partial charge >= 0.3 is 0 Å². The van der Waals surface area contributed by atoms with E-state index in [0.717, 1.165) is 23.2 Å². The summed E-state index contributed by atoms with van der Waals surface area (Å²) >= 11 is 0. The van der Waals surface area contributed by atoms with Crippen molar-refractivity contribution >= 4 is 27.3 Å². The summed E-state index contributed by atoms with van der Waals surface area (Å²) in [5.41, 5.74) is 3.66. The third-order valence-electron chi connectivity index (χ3n) is 5.21. The van der Waals surface area contributed by atoms with Crippen LogP contribution in [0.1, 0.15) is 28.4 Å². The van der Waals surface area contributed by atoms with E-state index >= 15 is 0 Å². The van der Waals surface area contributed by atoms with E-state index < -0.39 is 10.0 Å². The second kappa shape index (κ2) is 7.37. The number of para-hydroxylation sites is 1. The van der Waals surface area contributed by atoms with Crippen LogP contribution in [0.4, 0.5) is 11.4 Å². The van der Waals surface area contributed by atoms with E-state index in [9.17, 15) is 13.2 Å². The molecule has 4 rings (SSSR count). The van der Waals surface area contributed by atoms with Crippen LogP contribution in [0.15, 0.2) is 77.7 Å². The smallest absolute Gasteiger partial charge is 0.261 e. The van der Waals surface area contributed by atoms with Gasteiger partial charge in [-0.1, -0.05) is 42.5 Å². The number of sulfonamides is 1. The number of aryl methyl sites for hydroxylation is 1. The van der Waals surface area contributed by atoms with Crippen molar-refractivity contribution < 1.29 is 13.2 Å². The van der Waals surface area contributed by atoms with Crippen molar-refractivity contribution in [3.8, 4) is 0 Å². The highest BCUT2D eigenvalue weighted by Crippen LogP contribution is 2.33. The summed E-state index contributed by atoms with van der Waals surface area (Å²) in [7, 11) is -3.73. The van der Waals surface area contributed by atoms with Gasteiger partial charge in [0.25, 0.3) is 15.9 Å². The molecule has 0 saturated heterocycles. The predicted molar refractivity (Wildman–Crippen MR) is 115 cm³/mol. The lowest BCUT2D eigenvalue weighted by Gasteiger charge is -2.23. The molecular weight excluding hydrogens is 384 g/mol.